The van der Waals surface area contributed by atoms with Crippen molar-refractivity contribution in [1.29, 1.82) is 0 Å². The first-order valence-electron chi connectivity index (χ1n) is 9.02. The molecule has 1 aliphatic rings. The van der Waals surface area contributed by atoms with E-state index in [9.17, 15) is 14.9 Å². The minimum Gasteiger partial charge on any atom is -0.496 e. The van der Waals surface area contributed by atoms with E-state index in [4.69, 9.17) is 4.74 Å². The van der Waals surface area contributed by atoms with Crippen molar-refractivity contribution in [1.82, 2.24) is 0 Å². The summed E-state index contributed by atoms with van der Waals surface area (Å²) in [5.41, 5.74) is 2.65. The fraction of sp³-hybridized carbons (Fsp3) is 0.350. The summed E-state index contributed by atoms with van der Waals surface area (Å²) in [4.78, 5) is 24.4. The van der Waals surface area contributed by atoms with Crippen LogP contribution in [-0.4, -0.2) is 31.5 Å². The predicted octanol–water partition coefficient (Wildman–Crippen LogP) is 2.13. The van der Waals surface area contributed by atoms with Crippen LogP contribution in [0.5, 0.6) is 5.75 Å². The monoisotopic (exact) mass is 370 g/mol. The van der Waals surface area contributed by atoms with Crippen molar-refractivity contribution in [3.63, 3.8) is 0 Å². The summed E-state index contributed by atoms with van der Waals surface area (Å²) < 4.78 is 5.02. The first-order chi connectivity index (χ1) is 13.0. The average Bonchev–Trinajstić information content (AvgIpc) is 2.67. The van der Waals surface area contributed by atoms with E-state index in [0.717, 1.165) is 24.2 Å². The number of hydrogen-bond acceptors (Lipinski definition) is 4. The number of benzene rings is 2. The molecule has 3 rings (SSSR count). The molecule has 0 aromatic heterocycles. The van der Waals surface area contributed by atoms with Gasteiger partial charge in [0.2, 0.25) is 0 Å². The van der Waals surface area contributed by atoms with Crippen molar-refractivity contribution >= 4 is 17.3 Å². The molecule has 7 nitrogen and oxygen atoms in total. The maximum absolute atomic E-state index is 12.5. The zero-order chi connectivity index (χ0) is 19.4. The van der Waals surface area contributed by atoms with Gasteiger partial charge in [0.25, 0.3) is 11.6 Å². The lowest BCUT2D eigenvalue weighted by atomic mass is 9.87. The molecule has 0 fully saturated rings. The predicted molar refractivity (Wildman–Crippen MR) is 102 cm³/mol. The maximum Gasteiger partial charge on any atom is 0.296 e. The number of ether oxygens (including phenoxy) is 1. The van der Waals surface area contributed by atoms with E-state index >= 15 is 0 Å². The fourth-order valence-electron chi connectivity index (χ4n) is 3.73. The van der Waals surface area contributed by atoms with E-state index in [2.05, 4.69) is 17.4 Å². The molecule has 2 atom stereocenters. The van der Waals surface area contributed by atoms with E-state index in [1.54, 1.807) is 6.07 Å². The number of hydrogen-bond donors (Lipinski definition) is 2. The Morgan fingerprint density at radius 1 is 1.33 bits per heavy atom. The standard InChI is InChI=1S/C20H23N3O4/c1-22(18-9-5-7-14-6-3-4-8-16(14)18)13-20(24)21-17-11-10-15(27-2)12-19(17)23(25)26/h3-4,6,8,10-12,18H,5,7,9,13H2,1-2H3,(H,21,24)/p+1/t18-/m0/s1. The first kappa shape index (κ1) is 18.8. The molecular formula is C20H24N3O4+. The van der Waals surface area contributed by atoms with Gasteiger partial charge in [0.15, 0.2) is 6.54 Å². The highest BCUT2D eigenvalue weighted by atomic mass is 16.6. The van der Waals surface area contributed by atoms with Crippen molar-refractivity contribution < 1.29 is 19.4 Å². The number of carbonyl (C=O) groups is 1. The van der Waals surface area contributed by atoms with Crippen LogP contribution in [0.15, 0.2) is 42.5 Å². The van der Waals surface area contributed by atoms with Gasteiger partial charge in [0.05, 0.1) is 25.1 Å². The highest BCUT2D eigenvalue weighted by Gasteiger charge is 2.28. The van der Waals surface area contributed by atoms with E-state index in [0.29, 0.717) is 5.75 Å². The molecule has 0 spiro atoms. The highest BCUT2D eigenvalue weighted by Crippen LogP contribution is 2.29. The molecule has 1 aliphatic carbocycles. The number of carbonyl (C=O) groups excluding carboxylic acids is 1. The van der Waals surface area contributed by atoms with Crippen LogP contribution >= 0.6 is 0 Å². The Morgan fingerprint density at radius 2 is 2.11 bits per heavy atom. The second kappa shape index (κ2) is 8.18. The summed E-state index contributed by atoms with van der Waals surface area (Å²) in [5, 5.41) is 14.0. The number of aryl methyl sites for hydroxylation is 1. The van der Waals surface area contributed by atoms with Gasteiger partial charge in [0.1, 0.15) is 17.5 Å². The van der Waals surface area contributed by atoms with E-state index in [-0.39, 0.29) is 29.9 Å². The quantitative estimate of drug-likeness (QED) is 0.603. The Balaban J connectivity index is 1.71. The first-order valence-corrected chi connectivity index (χ1v) is 9.02. The topological polar surface area (TPSA) is 85.9 Å². The lowest BCUT2D eigenvalue weighted by molar-refractivity contribution is -0.905. The number of likely N-dealkylation sites (N-methyl/N-ethyl adjacent to an activating group) is 1. The molecule has 2 aromatic rings. The smallest absolute Gasteiger partial charge is 0.296 e. The number of methoxy groups -OCH3 is 1. The second-order valence-electron chi connectivity index (χ2n) is 6.86. The molecule has 0 radical (unpaired) electrons. The molecule has 27 heavy (non-hydrogen) atoms. The Morgan fingerprint density at radius 3 is 2.85 bits per heavy atom. The van der Waals surface area contributed by atoms with Gasteiger partial charge in [0, 0.05) is 12.0 Å². The van der Waals surface area contributed by atoms with Crippen LogP contribution in [0.3, 0.4) is 0 Å². The number of nitrogens with one attached hydrogen (secondary N) is 2. The lowest BCUT2D eigenvalue weighted by Gasteiger charge is -2.30. The molecule has 142 valence electrons. The summed E-state index contributed by atoms with van der Waals surface area (Å²) in [6.07, 6.45) is 3.20. The number of rotatable bonds is 6. The molecule has 7 heteroatoms. The average molecular weight is 370 g/mol. The van der Waals surface area contributed by atoms with Crippen LogP contribution in [0.2, 0.25) is 0 Å². The molecule has 0 saturated carbocycles. The van der Waals surface area contributed by atoms with Crippen molar-refractivity contribution in [2.24, 2.45) is 0 Å². The van der Waals surface area contributed by atoms with Gasteiger partial charge >= 0.3 is 0 Å². The van der Waals surface area contributed by atoms with Crippen LogP contribution in [0.1, 0.15) is 30.0 Å². The SMILES string of the molecule is COc1ccc(NC(=O)C[NH+](C)[C@H]2CCCc3ccccc32)c([N+](=O)[O-])c1. The molecule has 2 aromatic carbocycles. The molecule has 0 saturated heterocycles. The molecular weight excluding hydrogens is 346 g/mol. The molecule has 0 bridgehead atoms. The summed E-state index contributed by atoms with van der Waals surface area (Å²) in [6, 6.07) is 13.0. The third-order valence-corrected chi connectivity index (χ3v) is 5.08. The minimum atomic E-state index is -0.522. The third-order valence-electron chi connectivity index (χ3n) is 5.08. The van der Waals surface area contributed by atoms with Gasteiger partial charge in [-0.2, -0.15) is 0 Å². The van der Waals surface area contributed by atoms with Gasteiger partial charge in [-0.05, 0) is 30.5 Å². The van der Waals surface area contributed by atoms with Crippen LogP contribution in [0.25, 0.3) is 0 Å². The number of nitro benzene ring substituents is 1. The Bertz CT molecular complexity index is 853. The van der Waals surface area contributed by atoms with Gasteiger partial charge in [-0.25, -0.2) is 0 Å². The Labute approximate surface area is 158 Å². The van der Waals surface area contributed by atoms with Crippen molar-refractivity contribution in [3.05, 3.63) is 63.7 Å². The molecule has 0 aliphatic heterocycles. The second-order valence-corrected chi connectivity index (χ2v) is 6.86. The summed E-state index contributed by atoms with van der Waals surface area (Å²) in [6.45, 7) is 0.238. The van der Waals surface area contributed by atoms with E-state index in [1.165, 1.54) is 30.4 Å². The summed E-state index contributed by atoms with van der Waals surface area (Å²) >= 11 is 0. The zero-order valence-corrected chi connectivity index (χ0v) is 15.5. The van der Waals surface area contributed by atoms with Crippen molar-refractivity contribution in [3.8, 4) is 5.75 Å². The van der Waals surface area contributed by atoms with E-state index in [1.807, 2.05) is 19.2 Å². The number of anilines is 1. The van der Waals surface area contributed by atoms with Crippen LogP contribution in [0.4, 0.5) is 11.4 Å². The van der Waals surface area contributed by atoms with Crippen LogP contribution in [0, 0.1) is 10.1 Å². The van der Waals surface area contributed by atoms with Gasteiger partial charge < -0.3 is 15.0 Å². The minimum absolute atomic E-state index is 0.177. The number of nitrogens with zero attached hydrogens (tertiary/aromatic N) is 1. The Hall–Kier alpha value is -2.93. The lowest BCUT2D eigenvalue weighted by Crippen LogP contribution is -3.10. The van der Waals surface area contributed by atoms with Crippen molar-refractivity contribution in [2.75, 3.05) is 26.0 Å². The van der Waals surface area contributed by atoms with Gasteiger partial charge in [-0.3, -0.25) is 14.9 Å². The fourth-order valence-corrected chi connectivity index (χ4v) is 3.73. The van der Waals surface area contributed by atoms with Gasteiger partial charge in [-0.15, -0.1) is 0 Å². The summed E-state index contributed by atoms with van der Waals surface area (Å²) in [5.74, 6) is 0.130. The van der Waals surface area contributed by atoms with Gasteiger partial charge in [-0.1, -0.05) is 24.3 Å². The van der Waals surface area contributed by atoms with Crippen LogP contribution < -0.4 is 15.0 Å². The third kappa shape index (κ3) is 4.25. The summed E-state index contributed by atoms with van der Waals surface area (Å²) in [7, 11) is 3.44. The molecule has 1 amide bonds. The van der Waals surface area contributed by atoms with E-state index < -0.39 is 4.92 Å². The largest absolute Gasteiger partial charge is 0.496 e. The number of amides is 1. The van der Waals surface area contributed by atoms with Crippen LogP contribution in [-0.2, 0) is 11.2 Å². The highest BCUT2D eigenvalue weighted by molar-refractivity contribution is 5.93. The normalized spacial score (nSPS) is 16.9. The maximum atomic E-state index is 12.5. The number of quaternary nitrogens is 1. The Kier molecular flexibility index (Phi) is 5.71. The molecule has 2 N–H and O–H groups in total. The zero-order valence-electron chi connectivity index (χ0n) is 15.5. The molecule has 1 unspecified atom stereocenters. The number of nitro groups is 1. The molecule has 0 heterocycles. The number of fused-ring (bicyclic) bond motifs is 1. The van der Waals surface area contributed by atoms with Crippen molar-refractivity contribution in [2.45, 2.75) is 25.3 Å².